The highest BCUT2D eigenvalue weighted by Crippen LogP contribution is 2.19. The van der Waals surface area contributed by atoms with Crippen molar-refractivity contribution in [2.75, 3.05) is 0 Å². The van der Waals surface area contributed by atoms with Gasteiger partial charge >= 0.3 is 0 Å². The van der Waals surface area contributed by atoms with Crippen molar-refractivity contribution >= 4 is 34.7 Å². The van der Waals surface area contributed by atoms with Crippen molar-refractivity contribution in [3.05, 3.63) is 32.6 Å². The lowest BCUT2D eigenvalue weighted by Gasteiger charge is -2.03. The van der Waals surface area contributed by atoms with Crippen LogP contribution in [0.1, 0.15) is 27.6 Å². The molecule has 68 valence electrons. The van der Waals surface area contributed by atoms with Crippen molar-refractivity contribution in [1.29, 1.82) is 0 Å². The number of hydrogen-bond acceptors (Lipinski definition) is 2. The van der Waals surface area contributed by atoms with Gasteiger partial charge in [0, 0.05) is 11.1 Å². The highest BCUT2D eigenvalue weighted by Gasteiger charge is 2.12. The third kappa shape index (κ3) is 1.93. The summed E-state index contributed by atoms with van der Waals surface area (Å²) in [6.45, 7) is 1.34. The number of halogens is 2. The van der Waals surface area contributed by atoms with Crippen molar-refractivity contribution in [2.24, 2.45) is 0 Å². The van der Waals surface area contributed by atoms with Crippen LogP contribution in [0.15, 0.2) is 12.1 Å². The van der Waals surface area contributed by atoms with E-state index in [0.717, 1.165) is 0 Å². The van der Waals surface area contributed by atoms with Crippen molar-refractivity contribution in [3.8, 4) is 0 Å². The molecule has 0 saturated carbocycles. The molecular weight excluding hydrogens is 286 g/mol. The number of benzene rings is 1. The van der Waals surface area contributed by atoms with Crippen LogP contribution in [0.5, 0.6) is 0 Å². The van der Waals surface area contributed by atoms with Gasteiger partial charge < -0.3 is 0 Å². The van der Waals surface area contributed by atoms with Crippen LogP contribution in [0.3, 0.4) is 0 Å². The average Bonchev–Trinajstić information content (AvgIpc) is 2.09. The average molecular weight is 292 g/mol. The second-order valence-corrected chi connectivity index (χ2v) is 3.58. The Bertz CT molecular complexity index is 374. The minimum atomic E-state index is -0.479. The minimum Gasteiger partial charge on any atom is -0.298 e. The molecule has 0 unspecified atom stereocenters. The van der Waals surface area contributed by atoms with Crippen LogP contribution in [-0.2, 0) is 0 Å². The molecule has 2 nitrogen and oxygen atoms in total. The van der Waals surface area contributed by atoms with Crippen LogP contribution in [-0.4, -0.2) is 12.1 Å². The van der Waals surface area contributed by atoms with E-state index in [4.69, 9.17) is 0 Å². The first kappa shape index (κ1) is 10.3. The van der Waals surface area contributed by atoms with Gasteiger partial charge in [-0.3, -0.25) is 9.59 Å². The largest absolute Gasteiger partial charge is 0.298 e. The van der Waals surface area contributed by atoms with E-state index in [9.17, 15) is 14.0 Å². The number of ketones is 1. The zero-order valence-corrected chi connectivity index (χ0v) is 8.96. The second kappa shape index (κ2) is 3.95. The van der Waals surface area contributed by atoms with Gasteiger partial charge in [-0.2, -0.15) is 0 Å². The summed E-state index contributed by atoms with van der Waals surface area (Å²) in [5, 5.41) is 0. The highest BCUT2D eigenvalue weighted by atomic mass is 127. The molecule has 0 aromatic heterocycles. The molecule has 0 radical (unpaired) electrons. The lowest BCUT2D eigenvalue weighted by atomic mass is 10.1. The molecule has 0 heterocycles. The molecule has 1 aromatic carbocycles. The number of Topliss-reactive ketones (excluding diaryl/α,β-unsaturated/α-hetero) is 1. The SMILES string of the molecule is CC(=O)c1ccc(F)c(I)c1C=O. The summed E-state index contributed by atoms with van der Waals surface area (Å²) >= 11 is 1.71. The van der Waals surface area contributed by atoms with Crippen molar-refractivity contribution in [2.45, 2.75) is 6.92 Å². The van der Waals surface area contributed by atoms with E-state index in [2.05, 4.69) is 0 Å². The smallest absolute Gasteiger partial charge is 0.160 e. The van der Waals surface area contributed by atoms with Crippen molar-refractivity contribution < 1.29 is 14.0 Å². The Labute approximate surface area is 88.3 Å². The lowest BCUT2D eigenvalue weighted by molar-refractivity contribution is 0.100. The van der Waals surface area contributed by atoms with E-state index < -0.39 is 5.82 Å². The van der Waals surface area contributed by atoms with Gasteiger partial charge in [-0.25, -0.2) is 4.39 Å². The third-order valence-electron chi connectivity index (χ3n) is 1.63. The molecule has 0 saturated heterocycles. The molecule has 0 bridgehead atoms. The Morgan fingerprint density at radius 3 is 2.62 bits per heavy atom. The predicted octanol–water partition coefficient (Wildman–Crippen LogP) is 2.45. The van der Waals surface area contributed by atoms with Gasteiger partial charge in [-0.1, -0.05) is 0 Å². The monoisotopic (exact) mass is 292 g/mol. The van der Waals surface area contributed by atoms with Gasteiger partial charge in [-0.15, -0.1) is 0 Å². The molecule has 0 atom stereocenters. The maximum atomic E-state index is 12.9. The first-order valence-corrected chi connectivity index (χ1v) is 4.60. The summed E-state index contributed by atoms with van der Waals surface area (Å²) in [5.74, 6) is -0.715. The van der Waals surface area contributed by atoms with Gasteiger partial charge in [0.25, 0.3) is 0 Å². The van der Waals surface area contributed by atoms with Gasteiger partial charge in [0.05, 0.1) is 3.57 Å². The molecule has 4 heteroatoms. The Morgan fingerprint density at radius 1 is 1.54 bits per heavy atom. The number of aldehydes is 1. The van der Waals surface area contributed by atoms with Crippen LogP contribution < -0.4 is 0 Å². The Hall–Kier alpha value is -0.780. The minimum absolute atomic E-state index is 0.133. The first-order chi connectivity index (χ1) is 6.07. The standard InChI is InChI=1S/C9H6FIO2/c1-5(13)6-2-3-8(10)9(11)7(6)4-12/h2-4H,1H3. The molecule has 0 spiro atoms. The van der Waals surface area contributed by atoms with Crippen LogP contribution in [0.2, 0.25) is 0 Å². The van der Waals surface area contributed by atoms with Crippen LogP contribution >= 0.6 is 22.6 Å². The summed E-state index contributed by atoms with van der Waals surface area (Å²) in [5.41, 5.74) is 0.397. The molecule has 0 aliphatic rings. The molecule has 0 aliphatic carbocycles. The summed E-state index contributed by atoms with van der Waals surface area (Å²) in [6.07, 6.45) is 0.502. The Balaban J connectivity index is 3.47. The van der Waals surface area contributed by atoms with E-state index in [1.165, 1.54) is 19.1 Å². The van der Waals surface area contributed by atoms with Crippen LogP contribution in [0.25, 0.3) is 0 Å². The van der Waals surface area contributed by atoms with E-state index in [1.807, 2.05) is 0 Å². The second-order valence-electron chi connectivity index (χ2n) is 2.50. The van der Waals surface area contributed by atoms with E-state index in [0.29, 0.717) is 6.29 Å². The Morgan fingerprint density at radius 2 is 2.15 bits per heavy atom. The van der Waals surface area contributed by atoms with Gasteiger partial charge in [-0.05, 0) is 41.6 Å². The zero-order valence-electron chi connectivity index (χ0n) is 6.80. The summed E-state index contributed by atoms with van der Waals surface area (Å²) in [4.78, 5) is 21.6. The highest BCUT2D eigenvalue weighted by molar-refractivity contribution is 14.1. The van der Waals surface area contributed by atoms with E-state index >= 15 is 0 Å². The van der Waals surface area contributed by atoms with Crippen molar-refractivity contribution in [1.82, 2.24) is 0 Å². The molecule has 0 N–H and O–H groups in total. The molecular formula is C9H6FIO2. The fourth-order valence-corrected chi connectivity index (χ4v) is 1.59. The fourth-order valence-electron chi connectivity index (χ4n) is 0.989. The maximum absolute atomic E-state index is 12.9. The maximum Gasteiger partial charge on any atom is 0.160 e. The normalized spacial score (nSPS) is 9.77. The number of rotatable bonds is 2. The molecule has 0 aliphatic heterocycles. The molecule has 1 rings (SSSR count). The zero-order chi connectivity index (χ0) is 10.0. The topological polar surface area (TPSA) is 34.1 Å². The Kier molecular flexibility index (Phi) is 3.13. The van der Waals surface area contributed by atoms with E-state index in [1.54, 1.807) is 22.6 Å². The summed E-state index contributed by atoms with van der Waals surface area (Å²) in [7, 11) is 0. The third-order valence-corrected chi connectivity index (χ3v) is 2.73. The van der Waals surface area contributed by atoms with E-state index in [-0.39, 0.29) is 20.5 Å². The quantitative estimate of drug-likeness (QED) is 0.476. The molecule has 13 heavy (non-hydrogen) atoms. The molecule has 1 aromatic rings. The number of carbonyl (C=O) groups is 2. The van der Waals surface area contributed by atoms with Gasteiger partial charge in [0.2, 0.25) is 0 Å². The van der Waals surface area contributed by atoms with Gasteiger partial charge in [0.15, 0.2) is 12.1 Å². The van der Waals surface area contributed by atoms with Crippen molar-refractivity contribution in [3.63, 3.8) is 0 Å². The number of hydrogen-bond donors (Lipinski definition) is 0. The summed E-state index contributed by atoms with van der Waals surface area (Å²) in [6, 6.07) is 2.51. The molecule has 0 amide bonds. The van der Waals surface area contributed by atoms with Gasteiger partial charge in [0.1, 0.15) is 5.82 Å². The first-order valence-electron chi connectivity index (χ1n) is 3.52. The number of carbonyl (C=O) groups excluding carboxylic acids is 2. The molecule has 0 fully saturated rings. The fraction of sp³-hybridized carbons (Fsp3) is 0.111. The summed E-state index contributed by atoms with van der Waals surface area (Å²) < 4.78 is 13.1. The van der Waals surface area contributed by atoms with Crippen LogP contribution in [0, 0.1) is 9.39 Å². The lowest BCUT2D eigenvalue weighted by Crippen LogP contribution is -2.02. The van der Waals surface area contributed by atoms with Crippen LogP contribution in [0.4, 0.5) is 4.39 Å². The predicted molar refractivity (Wildman–Crippen MR) is 54.5 cm³/mol.